The monoisotopic (exact) mass is 642 g/mol. The van der Waals surface area contributed by atoms with Gasteiger partial charge in [-0.1, -0.05) is 56.3 Å². The minimum absolute atomic E-state index is 0.0599. The molecule has 12 rings (SSSR count). The lowest BCUT2D eigenvalue weighted by atomic mass is 9.62. The Labute approximate surface area is 292 Å². The molecule has 0 amide bonds. The standard InChI is InChI=1S/C47H50N2/c1-4-47(5-2)46(38-11-7-6-10-37(38)44-12-8-9-24-49(44)47)43-29-41-33-19-17-32(18-20-33)40(41)28-42(43)45-27-35(23-25-48(45)3)34-21-22-36-30-13-15-31(16-14-30)39(36)26-34/h6-12,21-33,46H,4-5,13-20H2,1-3H3/q+2. The summed E-state index contributed by atoms with van der Waals surface area (Å²) < 4.78 is 5.07. The van der Waals surface area contributed by atoms with Crippen molar-refractivity contribution < 1.29 is 9.13 Å². The van der Waals surface area contributed by atoms with Crippen LogP contribution in [0.25, 0.3) is 33.6 Å². The number of aromatic nitrogens is 2. The van der Waals surface area contributed by atoms with Gasteiger partial charge in [0.1, 0.15) is 7.05 Å². The van der Waals surface area contributed by atoms with Gasteiger partial charge in [-0.15, -0.1) is 0 Å². The van der Waals surface area contributed by atoms with Crippen LogP contribution in [0.2, 0.25) is 0 Å². The highest BCUT2D eigenvalue weighted by Crippen LogP contribution is 2.56. The number of fused-ring (bicyclic) bond motifs is 7. The molecule has 6 aliphatic carbocycles. The van der Waals surface area contributed by atoms with Crippen molar-refractivity contribution in [3.8, 4) is 33.6 Å². The van der Waals surface area contributed by atoms with Crippen LogP contribution < -0.4 is 9.13 Å². The molecule has 1 atom stereocenters. The molecular formula is C47H50N2+2. The van der Waals surface area contributed by atoms with Crippen LogP contribution in [0.5, 0.6) is 0 Å². The largest absolute Gasteiger partial charge is 0.213 e. The SMILES string of the molecule is CCC1(CC)C(c2cc3c(cc2-c2cc(-c4ccc5c(c4)C4CCC5CC4)cc[n+]2C)C2CCC3CC2)c2ccccc2-c2cccc[n+]21. The van der Waals surface area contributed by atoms with E-state index in [0.717, 1.165) is 24.7 Å². The van der Waals surface area contributed by atoms with E-state index in [1.165, 1.54) is 96.1 Å². The lowest BCUT2D eigenvalue weighted by molar-refractivity contribution is -0.761. The average Bonchev–Trinajstić information content (AvgIpc) is 3.18. The van der Waals surface area contributed by atoms with Crippen molar-refractivity contribution >= 4 is 0 Å². The van der Waals surface area contributed by atoms with Crippen molar-refractivity contribution in [2.24, 2.45) is 7.05 Å². The molecule has 0 spiro atoms. The van der Waals surface area contributed by atoms with Crippen molar-refractivity contribution in [1.82, 2.24) is 0 Å². The fraction of sp³-hybridized carbons (Fsp3) is 0.404. The molecule has 7 aliphatic rings. The molecule has 49 heavy (non-hydrogen) atoms. The molecule has 246 valence electrons. The van der Waals surface area contributed by atoms with Gasteiger partial charge in [0, 0.05) is 37.1 Å². The number of pyridine rings is 2. The second-order valence-electron chi connectivity index (χ2n) is 16.2. The summed E-state index contributed by atoms with van der Waals surface area (Å²) in [7, 11) is 2.27. The van der Waals surface area contributed by atoms with Crippen molar-refractivity contribution in [3.63, 3.8) is 0 Å². The van der Waals surface area contributed by atoms with E-state index in [1.807, 2.05) is 0 Å². The minimum atomic E-state index is -0.0599. The van der Waals surface area contributed by atoms with Gasteiger partial charge < -0.3 is 0 Å². The van der Waals surface area contributed by atoms with Crippen molar-refractivity contribution in [2.45, 2.75) is 113 Å². The highest BCUT2D eigenvalue weighted by atomic mass is 15.1. The lowest BCUT2D eigenvalue weighted by Crippen LogP contribution is -2.62. The Morgan fingerprint density at radius 3 is 1.84 bits per heavy atom. The van der Waals surface area contributed by atoms with Crippen LogP contribution in [0.4, 0.5) is 0 Å². The van der Waals surface area contributed by atoms with Crippen molar-refractivity contribution in [1.29, 1.82) is 0 Å². The molecule has 2 heteroatoms. The number of nitrogens with zero attached hydrogens (tertiary/aromatic N) is 2. The number of rotatable bonds is 5. The zero-order valence-electron chi connectivity index (χ0n) is 29.6. The Morgan fingerprint density at radius 1 is 0.510 bits per heavy atom. The first kappa shape index (κ1) is 29.8. The molecule has 1 unspecified atom stereocenters. The summed E-state index contributed by atoms with van der Waals surface area (Å²) in [6, 6.07) is 33.9. The molecule has 3 aromatic carbocycles. The quantitative estimate of drug-likeness (QED) is 0.169. The van der Waals surface area contributed by atoms with Crippen LogP contribution >= 0.6 is 0 Å². The molecule has 3 heterocycles. The third kappa shape index (κ3) is 4.31. The Balaban J connectivity index is 1.21. The van der Waals surface area contributed by atoms with E-state index in [2.05, 4.69) is 127 Å². The third-order valence-corrected chi connectivity index (χ3v) is 14.3. The molecule has 4 bridgehead atoms. The summed E-state index contributed by atoms with van der Waals surface area (Å²) in [6.45, 7) is 4.86. The second kappa shape index (κ2) is 11.2. The minimum Gasteiger partial charge on any atom is -0.201 e. The molecule has 2 aromatic heterocycles. The Morgan fingerprint density at radius 2 is 1.12 bits per heavy atom. The zero-order valence-corrected chi connectivity index (χ0v) is 29.6. The maximum Gasteiger partial charge on any atom is 0.213 e. The van der Waals surface area contributed by atoms with Gasteiger partial charge in [-0.05, 0) is 138 Å². The van der Waals surface area contributed by atoms with Gasteiger partial charge >= 0.3 is 0 Å². The summed E-state index contributed by atoms with van der Waals surface area (Å²) >= 11 is 0. The average molecular weight is 643 g/mol. The first-order valence-corrected chi connectivity index (χ1v) is 19.5. The summed E-state index contributed by atoms with van der Waals surface area (Å²) in [5, 5.41) is 0. The molecular weight excluding hydrogens is 593 g/mol. The molecule has 5 aromatic rings. The Bertz CT molecular complexity index is 2100. The highest BCUT2D eigenvalue weighted by Gasteiger charge is 2.53. The maximum absolute atomic E-state index is 2.74. The second-order valence-corrected chi connectivity index (χ2v) is 16.2. The fourth-order valence-corrected chi connectivity index (χ4v) is 11.7. The molecule has 0 saturated heterocycles. The first-order chi connectivity index (χ1) is 24.1. The number of hydrogen-bond donors (Lipinski definition) is 0. The van der Waals surface area contributed by atoms with E-state index in [0.29, 0.717) is 11.8 Å². The summed E-state index contributed by atoms with van der Waals surface area (Å²) in [5.41, 5.74) is 17.8. The van der Waals surface area contributed by atoms with Gasteiger partial charge in [-0.2, -0.15) is 4.57 Å². The van der Waals surface area contributed by atoms with E-state index >= 15 is 0 Å². The smallest absolute Gasteiger partial charge is 0.201 e. The Kier molecular flexibility index (Phi) is 6.84. The normalized spacial score (nSPS) is 25.3. The van der Waals surface area contributed by atoms with Gasteiger partial charge in [0.2, 0.25) is 11.4 Å². The van der Waals surface area contributed by atoms with Gasteiger partial charge in [-0.3, -0.25) is 0 Å². The van der Waals surface area contributed by atoms with Crippen molar-refractivity contribution in [2.75, 3.05) is 0 Å². The summed E-state index contributed by atoms with van der Waals surface area (Å²) in [6.07, 6.45) is 17.8. The van der Waals surface area contributed by atoms with Gasteiger partial charge in [0.05, 0.1) is 17.0 Å². The molecule has 2 fully saturated rings. The van der Waals surface area contributed by atoms with E-state index in [9.17, 15) is 0 Å². The van der Waals surface area contributed by atoms with Crippen molar-refractivity contribution in [3.05, 3.63) is 131 Å². The van der Waals surface area contributed by atoms with Crippen LogP contribution in [0.3, 0.4) is 0 Å². The number of aryl methyl sites for hydroxylation is 1. The lowest BCUT2D eigenvalue weighted by Gasteiger charge is -2.43. The predicted octanol–water partition coefficient (Wildman–Crippen LogP) is 11.0. The molecule has 2 nitrogen and oxygen atoms in total. The summed E-state index contributed by atoms with van der Waals surface area (Å²) in [4.78, 5) is 0. The van der Waals surface area contributed by atoms with E-state index < -0.39 is 0 Å². The number of hydrogen-bond acceptors (Lipinski definition) is 0. The maximum atomic E-state index is 2.74. The predicted molar refractivity (Wildman–Crippen MR) is 199 cm³/mol. The number of benzene rings is 3. The van der Waals surface area contributed by atoms with Crippen LogP contribution in [-0.4, -0.2) is 0 Å². The van der Waals surface area contributed by atoms with Gasteiger partial charge in [0.25, 0.3) is 0 Å². The molecule has 1 aliphatic heterocycles. The van der Waals surface area contributed by atoms with Crippen LogP contribution in [-0.2, 0) is 12.6 Å². The highest BCUT2D eigenvalue weighted by molar-refractivity contribution is 5.75. The van der Waals surface area contributed by atoms with Gasteiger partial charge in [0.15, 0.2) is 17.9 Å². The third-order valence-electron chi connectivity index (χ3n) is 14.3. The summed E-state index contributed by atoms with van der Waals surface area (Å²) in [5.74, 6) is 3.20. The molecule has 0 N–H and O–H groups in total. The fourth-order valence-electron chi connectivity index (χ4n) is 11.7. The molecule has 0 radical (unpaired) electrons. The van der Waals surface area contributed by atoms with Gasteiger partial charge in [-0.25, -0.2) is 4.57 Å². The van der Waals surface area contributed by atoms with Crippen LogP contribution in [0.1, 0.15) is 141 Å². The van der Waals surface area contributed by atoms with E-state index in [4.69, 9.17) is 0 Å². The zero-order chi connectivity index (χ0) is 32.9. The first-order valence-electron chi connectivity index (χ1n) is 19.5. The van der Waals surface area contributed by atoms with E-state index in [-0.39, 0.29) is 11.5 Å². The van der Waals surface area contributed by atoms with Crippen LogP contribution in [0.15, 0.2) is 97.3 Å². The van der Waals surface area contributed by atoms with E-state index in [1.54, 1.807) is 22.3 Å². The van der Waals surface area contributed by atoms with Crippen LogP contribution in [0, 0.1) is 0 Å². The molecule has 2 saturated carbocycles. The topological polar surface area (TPSA) is 7.76 Å². The Hall–Kier alpha value is -4.04.